The number of hydrogen-bond donors (Lipinski definition) is 2. The summed E-state index contributed by atoms with van der Waals surface area (Å²) in [5.74, 6) is -0.826. The van der Waals surface area contributed by atoms with Gasteiger partial charge in [0.1, 0.15) is 10.7 Å². The van der Waals surface area contributed by atoms with Gasteiger partial charge in [-0.2, -0.15) is 4.31 Å². The Labute approximate surface area is 105 Å². The zero-order valence-corrected chi connectivity index (χ0v) is 10.5. The lowest BCUT2D eigenvalue weighted by molar-refractivity contribution is 0.213. The maximum atomic E-state index is 13.6. The van der Waals surface area contributed by atoms with E-state index in [4.69, 9.17) is 10.8 Å². The van der Waals surface area contributed by atoms with Crippen molar-refractivity contribution in [3.8, 4) is 0 Å². The van der Waals surface area contributed by atoms with Gasteiger partial charge in [0.05, 0.1) is 6.61 Å². The van der Waals surface area contributed by atoms with Crippen LogP contribution in [-0.4, -0.2) is 37.0 Å². The number of nitrogens with zero attached hydrogens (tertiary/aromatic N) is 1. The Hall–Kier alpha value is -1.18. The monoisotopic (exact) mass is 274 g/mol. The van der Waals surface area contributed by atoms with Crippen molar-refractivity contribution in [1.29, 1.82) is 0 Å². The fourth-order valence-electron chi connectivity index (χ4n) is 2.15. The molecule has 3 N–H and O–H groups in total. The van der Waals surface area contributed by atoms with Crippen LogP contribution in [0, 0.1) is 5.82 Å². The maximum Gasteiger partial charge on any atom is 0.246 e. The quantitative estimate of drug-likeness (QED) is 0.789. The third-order valence-electron chi connectivity index (χ3n) is 3.08. The second-order valence-electron chi connectivity index (χ2n) is 4.28. The van der Waals surface area contributed by atoms with Crippen LogP contribution in [0.25, 0.3) is 0 Å². The van der Waals surface area contributed by atoms with E-state index in [-0.39, 0.29) is 12.3 Å². The molecule has 2 rings (SSSR count). The zero-order chi connectivity index (χ0) is 13.3. The van der Waals surface area contributed by atoms with E-state index in [0.717, 1.165) is 16.4 Å². The van der Waals surface area contributed by atoms with E-state index < -0.39 is 26.8 Å². The molecule has 18 heavy (non-hydrogen) atoms. The first-order valence-corrected chi connectivity index (χ1v) is 7.08. The summed E-state index contributed by atoms with van der Waals surface area (Å²) in [6, 6.07) is 2.97. The maximum absolute atomic E-state index is 13.6. The lowest BCUT2D eigenvalue weighted by Crippen LogP contribution is -2.38. The number of aliphatic hydroxyl groups is 1. The number of aliphatic hydroxyl groups excluding tert-OH is 1. The van der Waals surface area contributed by atoms with Crippen LogP contribution in [0.3, 0.4) is 0 Å². The molecule has 1 unspecified atom stereocenters. The van der Waals surface area contributed by atoms with Gasteiger partial charge in [-0.1, -0.05) is 0 Å². The summed E-state index contributed by atoms with van der Waals surface area (Å²) < 4.78 is 39.4. The summed E-state index contributed by atoms with van der Waals surface area (Å²) in [5, 5.41) is 9.15. The first-order valence-electron chi connectivity index (χ1n) is 5.64. The Balaban J connectivity index is 2.45. The van der Waals surface area contributed by atoms with Gasteiger partial charge in [0, 0.05) is 18.3 Å². The Bertz CT molecular complexity index is 547. The first kappa shape index (κ1) is 13.3. The molecule has 1 aliphatic rings. The second kappa shape index (κ2) is 4.83. The van der Waals surface area contributed by atoms with Gasteiger partial charge in [-0.05, 0) is 31.0 Å². The highest BCUT2D eigenvalue weighted by molar-refractivity contribution is 7.89. The lowest BCUT2D eigenvalue weighted by atomic mass is 10.2. The third kappa shape index (κ3) is 2.21. The first-order chi connectivity index (χ1) is 8.46. The van der Waals surface area contributed by atoms with Crippen molar-refractivity contribution >= 4 is 15.7 Å². The van der Waals surface area contributed by atoms with Crippen LogP contribution in [0.1, 0.15) is 12.8 Å². The molecule has 1 saturated heterocycles. The van der Waals surface area contributed by atoms with Gasteiger partial charge in [0.2, 0.25) is 10.0 Å². The standard InChI is InChI=1S/C11H15FN2O3S/c12-10-4-3-8(13)6-11(10)18(16,17)14-5-1-2-9(14)7-15/h3-4,6,9,15H,1-2,5,7,13H2. The summed E-state index contributed by atoms with van der Waals surface area (Å²) in [5.41, 5.74) is 5.68. The number of benzene rings is 1. The number of halogens is 1. The van der Waals surface area contributed by atoms with Gasteiger partial charge in [-0.3, -0.25) is 0 Å². The summed E-state index contributed by atoms with van der Waals surface area (Å²) in [6.07, 6.45) is 1.24. The zero-order valence-electron chi connectivity index (χ0n) is 9.71. The molecule has 0 amide bonds. The van der Waals surface area contributed by atoms with Gasteiger partial charge in [0.25, 0.3) is 0 Å². The van der Waals surface area contributed by atoms with E-state index in [1.807, 2.05) is 0 Å². The Morgan fingerprint density at radius 2 is 2.22 bits per heavy atom. The molecule has 0 aromatic heterocycles. The lowest BCUT2D eigenvalue weighted by Gasteiger charge is -2.22. The molecule has 1 aromatic rings. The predicted octanol–water partition coefficient (Wildman–Crippen LogP) is 0.553. The van der Waals surface area contributed by atoms with E-state index in [0.29, 0.717) is 19.4 Å². The minimum absolute atomic E-state index is 0.190. The minimum atomic E-state index is -3.93. The topological polar surface area (TPSA) is 83.6 Å². The van der Waals surface area contributed by atoms with Crippen LogP contribution < -0.4 is 5.73 Å². The van der Waals surface area contributed by atoms with E-state index in [2.05, 4.69) is 0 Å². The fraction of sp³-hybridized carbons (Fsp3) is 0.455. The SMILES string of the molecule is Nc1ccc(F)c(S(=O)(=O)N2CCCC2CO)c1. The molecule has 1 aromatic carbocycles. The molecule has 0 radical (unpaired) electrons. The molecule has 1 fully saturated rings. The smallest absolute Gasteiger partial charge is 0.246 e. The molecule has 1 heterocycles. The Morgan fingerprint density at radius 3 is 2.89 bits per heavy atom. The summed E-state index contributed by atoms with van der Waals surface area (Å²) >= 11 is 0. The average Bonchev–Trinajstić information content (AvgIpc) is 2.81. The molecule has 1 atom stereocenters. The van der Waals surface area contributed by atoms with Crippen molar-refractivity contribution in [2.24, 2.45) is 0 Å². The Morgan fingerprint density at radius 1 is 1.50 bits per heavy atom. The van der Waals surface area contributed by atoms with Crippen LogP contribution >= 0.6 is 0 Å². The molecule has 0 aliphatic carbocycles. The second-order valence-corrected chi connectivity index (χ2v) is 6.14. The molecule has 5 nitrogen and oxygen atoms in total. The largest absolute Gasteiger partial charge is 0.399 e. The molecule has 0 spiro atoms. The van der Waals surface area contributed by atoms with Gasteiger partial charge in [-0.25, -0.2) is 12.8 Å². The van der Waals surface area contributed by atoms with Gasteiger partial charge >= 0.3 is 0 Å². The highest BCUT2D eigenvalue weighted by Crippen LogP contribution is 2.28. The average molecular weight is 274 g/mol. The van der Waals surface area contributed by atoms with Crippen LogP contribution in [0.5, 0.6) is 0 Å². The number of anilines is 1. The van der Waals surface area contributed by atoms with E-state index in [9.17, 15) is 12.8 Å². The summed E-state index contributed by atoms with van der Waals surface area (Å²) in [7, 11) is -3.93. The van der Waals surface area contributed by atoms with Gasteiger partial charge in [0.15, 0.2) is 0 Å². The minimum Gasteiger partial charge on any atom is -0.399 e. The highest BCUT2D eigenvalue weighted by atomic mass is 32.2. The molecule has 7 heteroatoms. The normalized spacial score (nSPS) is 21.3. The van der Waals surface area contributed by atoms with E-state index in [1.165, 1.54) is 6.07 Å². The van der Waals surface area contributed by atoms with E-state index >= 15 is 0 Å². The number of sulfonamides is 1. The van der Waals surface area contributed by atoms with Crippen LogP contribution in [0.15, 0.2) is 23.1 Å². The van der Waals surface area contributed by atoms with Crippen molar-refractivity contribution in [3.63, 3.8) is 0 Å². The highest BCUT2D eigenvalue weighted by Gasteiger charge is 2.36. The number of nitrogen functional groups attached to an aromatic ring is 1. The number of nitrogens with two attached hydrogens (primary N) is 1. The summed E-state index contributed by atoms with van der Waals surface area (Å²) in [4.78, 5) is -0.428. The molecule has 0 bridgehead atoms. The van der Waals surface area contributed by atoms with Crippen molar-refractivity contribution in [2.45, 2.75) is 23.8 Å². The Kier molecular flexibility index (Phi) is 3.56. The molecular weight excluding hydrogens is 259 g/mol. The molecule has 100 valence electrons. The van der Waals surface area contributed by atoms with E-state index in [1.54, 1.807) is 0 Å². The van der Waals surface area contributed by atoms with Crippen LogP contribution in [0.4, 0.5) is 10.1 Å². The van der Waals surface area contributed by atoms with Crippen molar-refractivity contribution in [3.05, 3.63) is 24.0 Å². The van der Waals surface area contributed by atoms with Gasteiger partial charge < -0.3 is 10.8 Å². The van der Waals surface area contributed by atoms with Crippen molar-refractivity contribution < 1.29 is 17.9 Å². The molecule has 0 saturated carbocycles. The molecule has 1 aliphatic heterocycles. The van der Waals surface area contributed by atoms with Crippen molar-refractivity contribution in [2.75, 3.05) is 18.9 Å². The molecular formula is C11H15FN2O3S. The summed E-state index contributed by atoms with van der Waals surface area (Å²) in [6.45, 7) is 0.0327. The third-order valence-corrected chi connectivity index (χ3v) is 5.04. The van der Waals surface area contributed by atoms with Gasteiger partial charge in [-0.15, -0.1) is 0 Å². The predicted molar refractivity (Wildman–Crippen MR) is 64.8 cm³/mol. The van der Waals surface area contributed by atoms with Crippen LogP contribution in [0.2, 0.25) is 0 Å². The van der Waals surface area contributed by atoms with Crippen LogP contribution in [-0.2, 0) is 10.0 Å². The van der Waals surface area contributed by atoms with Crippen molar-refractivity contribution in [1.82, 2.24) is 4.31 Å². The number of hydrogen-bond acceptors (Lipinski definition) is 4. The number of rotatable bonds is 3. The fourth-order valence-corrected chi connectivity index (χ4v) is 3.94.